The highest BCUT2D eigenvalue weighted by atomic mass is 35.5. The van der Waals surface area contributed by atoms with Crippen LogP contribution in [0.4, 0.5) is 0 Å². The number of halogens is 1. The highest BCUT2D eigenvalue weighted by Gasteiger charge is 2.34. The highest BCUT2D eigenvalue weighted by molar-refractivity contribution is 6.32. The summed E-state index contributed by atoms with van der Waals surface area (Å²) in [5, 5.41) is 4.26. The van der Waals surface area contributed by atoms with Crippen LogP contribution in [0, 0.1) is 6.92 Å². The number of benzene rings is 1. The van der Waals surface area contributed by atoms with Crippen LogP contribution in [0.5, 0.6) is 0 Å². The van der Waals surface area contributed by atoms with Crippen molar-refractivity contribution in [2.24, 2.45) is 0 Å². The fourth-order valence-corrected chi connectivity index (χ4v) is 5.42. The molecule has 0 spiro atoms. The second kappa shape index (κ2) is 10.3. The van der Waals surface area contributed by atoms with Crippen molar-refractivity contribution in [3.63, 3.8) is 0 Å². The second-order valence-electron chi connectivity index (χ2n) is 9.56. The van der Waals surface area contributed by atoms with Gasteiger partial charge in [0, 0.05) is 31.7 Å². The summed E-state index contributed by atoms with van der Waals surface area (Å²) in [6.45, 7) is 5.67. The number of imidazole rings is 2. The number of aromatic nitrogens is 5. The van der Waals surface area contributed by atoms with Gasteiger partial charge in [-0.05, 0) is 13.8 Å². The Morgan fingerprint density at radius 1 is 1.00 bits per heavy atom. The maximum Gasteiger partial charge on any atom is 0.358 e. The number of aryl methyl sites for hydroxylation is 1. The molecule has 0 N–H and O–H groups in total. The molecule has 0 bridgehead atoms. The van der Waals surface area contributed by atoms with Gasteiger partial charge in [-0.15, -0.1) is 0 Å². The lowest BCUT2D eigenvalue weighted by molar-refractivity contribution is 0.0511. The molecule has 40 heavy (non-hydrogen) atoms. The molecule has 2 aliphatic heterocycles. The molecule has 0 aliphatic carbocycles. The molecule has 6 rings (SSSR count). The Kier molecular flexibility index (Phi) is 6.62. The highest BCUT2D eigenvalue weighted by Crippen LogP contribution is 2.30. The lowest BCUT2D eigenvalue weighted by atomic mass is 10.1. The van der Waals surface area contributed by atoms with Crippen LogP contribution in [0.1, 0.15) is 55.5 Å². The fraction of sp³-hybridized carbons (Fsp3) is 0.333. The van der Waals surface area contributed by atoms with Gasteiger partial charge in [-0.25, -0.2) is 14.8 Å². The summed E-state index contributed by atoms with van der Waals surface area (Å²) in [6.07, 6.45) is 1.58. The van der Waals surface area contributed by atoms with Crippen LogP contribution in [0.15, 0.2) is 41.2 Å². The van der Waals surface area contributed by atoms with Gasteiger partial charge >= 0.3 is 5.97 Å². The molecule has 0 radical (unpaired) electrons. The van der Waals surface area contributed by atoms with Crippen LogP contribution in [-0.4, -0.2) is 71.5 Å². The van der Waals surface area contributed by atoms with Crippen molar-refractivity contribution in [3.8, 4) is 11.3 Å². The fourth-order valence-electron chi connectivity index (χ4n) is 5.12. The Bertz CT molecular complexity index is 1620. The minimum atomic E-state index is -0.524. The third-order valence-corrected chi connectivity index (χ3v) is 7.55. The molecule has 206 valence electrons. The average molecular weight is 564 g/mol. The van der Waals surface area contributed by atoms with Gasteiger partial charge in [-0.3, -0.25) is 9.59 Å². The Morgan fingerprint density at radius 3 is 2.52 bits per heavy atom. The van der Waals surface area contributed by atoms with E-state index in [2.05, 4.69) is 15.1 Å². The van der Waals surface area contributed by atoms with E-state index in [9.17, 15) is 14.4 Å². The number of amides is 2. The minimum absolute atomic E-state index is 0.114. The van der Waals surface area contributed by atoms with E-state index >= 15 is 0 Å². The summed E-state index contributed by atoms with van der Waals surface area (Å²) in [4.78, 5) is 51.5. The molecule has 0 saturated heterocycles. The summed E-state index contributed by atoms with van der Waals surface area (Å²) >= 11 is 6.65. The third kappa shape index (κ3) is 4.34. The molecule has 0 fully saturated rings. The molecule has 13 heteroatoms. The standard InChI is InChI=1S/C27H26ClN7O5/c1-3-39-27(38)21-18-13-32(9-10-34(18)15-29-21)26(37)22-24(28)35-12-11-33(14-19(35)30-22)25(36)20-16(2)31-40-23(20)17-7-5-4-6-8-17/h4-8,15H,3,9-14H2,1-2H3. The minimum Gasteiger partial charge on any atom is -0.461 e. The number of fused-ring (bicyclic) bond motifs is 2. The van der Waals surface area contributed by atoms with Gasteiger partial charge in [0.25, 0.3) is 11.8 Å². The van der Waals surface area contributed by atoms with Gasteiger partial charge in [0.15, 0.2) is 17.1 Å². The molecular formula is C27H26ClN7O5. The lowest BCUT2D eigenvalue weighted by Gasteiger charge is -2.28. The predicted molar refractivity (Wildman–Crippen MR) is 142 cm³/mol. The third-order valence-electron chi connectivity index (χ3n) is 7.17. The molecule has 3 aromatic heterocycles. The number of carbonyl (C=O) groups is 3. The summed E-state index contributed by atoms with van der Waals surface area (Å²) in [5.74, 6) is -0.181. The van der Waals surface area contributed by atoms with Crippen molar-refractivity contribution < 1.29 is 23.6 Å². The van der Waals surface area contributed by atoms with Crippen LogP contribution in [-0.2, 0) is 30.9 Å². The van der Waals surface area contributed by atoms with Crippen LogP contribution in [0.25, 0.3) is 11.3 Å². The van der Waals surface area contributed by atoms with E-state index in [0.717, 1.165) is 5.56 Å². The van der Waals surface area contributed by atoms with Crippen molar-refractivity contribution in [1.82, 2.24) is 34.1 Å². The first-order chi connectivity index (χ1) is 19.4. The summed E-state index contributed by atoms with van der Waals surface area (Å²) in [7, 11) is 0. The molecule has 2 aliphatic rings. The van der Waals surface area contributed by atoms with Gasteiger partial charge in [-0.2, -0.15) is 0 Å². The Balaban J connectivity index is 1.22. The van der Waals surface area contributed by atoms with Crippen molar-refractivity contribution in [2.45, 2.75) is 40.0 Å². The van der Waals surface area contributed by atoms with E-state index in [0.29, 0.717) is 54.7 Å². The van der Waals surface area contributed by atoms with Gasteiger partial charge in [0.2, 0.25) is 0 Å². The van der Waals surface area contributed by atoms with E-state index < -0.39 is 5.97 Å². The van der Waals surface area contributed by atoms with Crippen molar-refractivity contribution in [2.75, 3.05) is 19.7 Å². The zero-order valence-corrected chi connectivity index (χ0v) is 22.7. The molecule has 5 heterocycles. The zero-order chi connectivity index (χ0) is 28.0. The SMILES string of the molecule is CCOC(=O)c1ncn2c1CN(C(=O)c1nc3n(c1Cl)CCN(C(=O)c1c(C)noc1-c1ccccc1)C3)CC2. The molecule has 0 unspecified atom stereocenters. The first kappa shape index (κ1) is 25.8. The number of esters is 1. The average Bonchev–Trinajstić information content (AvgIpc) is 3.67. The Morgan fingerprint density at radius 2 is 1.75 bits per heavy atom. The molecular weight excluding hydrogens is 538 g/mol. The number of hydrogen-bond donors (Lipinski definition) is 0. The van der Waals surface area contributed by atoms with Crippen molar-refractivity contribution in [3.05, 3.63) is 76.0 Å². The second-order valence-corrected chi connectivity index (χ2v) is 9.92. The van der Waals surface area contributed by atoms with E-state index in [1.165, 1.54) is 0 Å². The normalized spacial score (nSPS) is 14.6. The molecule has 0 atom stereocenters. The molecule has 0 saturated carbocycles. The Hall–Kier alpha value is -4.45. The van der Waals surface area contributed by atoms with Crippen LogP contribution >= 0.6 is 11.6 Å². The molecule has 1 aromatic carbocycles. The maximum absolute atomic E-state index is 13.6. The van der Waals surface area contributed by atoms with Gasteiger partial charge in [0.05, 0.1) is 37.4 Å². The van der Waals surface area contributed by atoms with Crippen LogP contribution in [0.3, 0.4) is 0 Å². The van der Waals surface area contributed by atoms with Crippen LogP contribution < -0.4 is 0 Å². The smallest absolute Gasteiger partial charge is 0.358 e. The number of rotatable bonds is 5. The van der Waals surface area contributed by atoms with Gasteiger partial charge < -0.3 is 28.2 Å². The number of carbonyl (C=O) groups excluding carboxylic acids is 3. The van der Waals surface area contributed by atoms with Crippen molar-refractivity contribution >= 4 is 29.4 Å². The van der Waals surface area contributed by atoms with E-state index in [4.69, 9.17) is 20.9 Å². The molecule has 12 nitrogen and oxygen atoms in total. The number of hydrogen-bond acceptors (Lipinski definition) is 8. The lowest BCUT2D eigenvalue weighted by Crippen LogP contribution is -2.39. The quantitative estimate of drug-likeness (QED) is 0.339. The first-order valence-corrected chi connectivity index (χ1v) is 13.3. The van der Waals surface area contributed by atoms with E-state index in [1.807, 2.05) is 34.9 Å². The van der Waals surface area contributed by atoms with E-state index in [1.54, 1.807) is 34.5 Å². The van der Waals surface area contributed by atoms with Gasteiger partial charge in [0.1, 0.15) is 16.5 Å². The Labute approximate surface area is 234 Å². The predicted octanol–water partition coefficient (Wildman–Crippen LogP) is 3.19. The zero-order valence-electron chi connectivity index (χ0n) is 22.0. The first-order valence-electron chi connectivity index (χ1n) is 12.9. The topological polar surface area (TPSA) is 129 Å². The van der Waals surface area contributed by atoms with Gasteiger partial charge in [-0.1, -0.05) is 47.1 Å². The molecule has 4 aromatic rings. The molecule has 2 amide bonds. The summed E-state index contributed by atoms with van der Waals surface area (Å²) < 4.78 is 14.2. The van der Waals surface area contributed by atoms with Crippen molar-refractivity contribution in [1.29, 1.82) is 0 Å². The summed E-state index contributed by atoms with van der Waals surface area (Å²) in [6, 6.07) is 9.35. The number of nitrogens with zero attached hydrogens (tertiary/aromatic N) is 7. The van der Waals surface area contributed by atoms with E-state index in [-0.39, 0.29) is 48.1 Å². The maximum atomic E-state index is 13.6. The van der Waals surface area contributed by atoms with Crippen LogP contribution in [0.2, 0.25) is 5.15 Å². The monoisotopic (exact) mass is 563 g/mol. The summed E-state index contributed by atoms with van der Waals surface area (Å²) in [5.41, 5.74) is 2.57. The largest absolute Gasteiger partial charge is 0.461 e. The number of ether oxygens (including phenoxy) is 1.